The van der Waals surface area contributed by atoms with Crippen molar-refractivity contribution in [3.63, 3.8) is 0 Å². The van der Waals surface area contributed by atoms with Gasteiger partial charge in [0, 0.05) is 24.6 Å². The van der Waals surface area contributed by atoms with Gasteiger partial charge in [0.1, 0.15) is 5.82 Å². The van der Waals surface area contributed by atoms with Gasteiger partial charge in [0.15, 0.2) is 0 Å². The van der Waals surface area contributed by atoms with Crippen LogP contribution in [-0.2, 0) is 6.54 Å². The number of pyridine rings is 1. The number of aryl methyl sites for hydroxylation is 2. The molecule has 0 radical (unpaired) electrons. The lowest BCUT2D eigenvalue weighted by Crippen LogP contribution is -2.01. The number of halogens is 1. The maximum atomic E-state index is 13.4. The number of nitrogens with zero attached hydrogens (tertiary/aromatic N) is 1. The molecule has 1 aromatic heterocycles. The summed E-state index contributed by atoms with van der Waals surface area (Å²) in [6, 6.07) is 7.56. The summed E-state index contributed by atoms with van der Waals surface area (Å²) in [5.41, 5.74) is 3.48. The van der Waals surface area contributed by atoms with E-state index < -0.39 is 0 Å². The molecule has 0 spiro atoms. The molecule has 2 aromatic rings. The van der Waals surface area contributed by atoms with Crippen LogP contribution in [0.3, 0.4) is 0 Å². The van der Waals surface area contributed by atoms with Gasteiger partial charge in [-0.25, -0.2) is 4.39 Å². The number of aromatic nitrogens is 1. The number of nitrogens with one attached hydrogen (secondary N) is 1. The second-order valence-corrected chi connectivity index (χ2v) is 4.13. The second-order valence-electron chi connectivity index (χ2n) is 4.13. The van der Waals surface area contributed by atoms with Gasteiger partial charge in [-0.3, -0.25) is 4.98 Å². The van der Waals surface area contributed by atoms with Gasteiger partial charge in [-0.1, -0.05) is 12.1 Å². The van der Waals surface area contributed by atoms with Crippen molar-refractivity contribution in [2.75, 3.05) is 5.32 Å². The fourth-order valence-corrected chi connectivity index (χ4v) is 1.81. The fraction of sp³-hybridized carbons (Fsp3) is 0.214. The van der Waals surface area contributed by atoms with Gasteiger partial charge in [0.2, 0.25) is 0 Å². The van der Waals surface area contributed by atoms with Crippen molar-refractivity contribution >= 4 is 5.69 Å². The minimum absolute atomic E-state index is 0.113. The molecular weight excluding hydrogens is 215 g/mol. The SMILES string of the molecule is Cc1cc(CNc2ccncc2)cc(C)c1F. The molecule has 0 saturated carbocycles. The van der Waals surface area contributed by atoms with Crippen molar-refractivity contribution in [3.05, 3.63) is 59.2 Å². The Hall–Kier alpha value is -1.90. The first kappa shape index (κ1) is 11.6. The summed E-state index contributed by atoms with van der Waals surface area (Å²) in [5, 5.41) is 3.27. The average molecular weight is 230 g/mol. The molecule has 1 aromatic carbocycles. The van der Waals surface area contributed by atoms with Crippen LogP contribution in [0, 0.1) is 19.7 Å². The molecule has 3 heteroatoms. The Kier molecular flexibility index (Phi) is 3.38. The van der Waals surface area contributed by atoms with E-state index in [2.05, 4.69) is 10.3 Å². The summed E-state index contributed by atoms with van der Waals surface area (Å²) < 4.78 is 13.4. The Morgan fingerprint density at radius 2 is 1.71 bits per heavy atom. The Labute approximate surface area is 101 Å². The molecule has 17 heavy (non-hydrogen) atoms. The lowest BCUT2D eigenvalue weighted by atomic mass is 10.1. The normalized spacial score (nSPS) is 10.3. The maximum Gasteiger partial charge on any atom is 0.129 e. The number of hydrogen-bond donors (Lipinski definition) is 1. The number of hydrogen-bond acceptors (Lipinski definition) is 2. The number of rotatable bonds is 3. The zero-order valence-corrected chi connectivity index (χ0v) is 10.00. The summed E-state index contributed by atoms with van der Waals surface area (Å²) in [7, 11) is 0. The minimum Gasteiger partial charge on any atom is -0.381 e. The highest BCUT2D eigenvalue weighted by atomic mass is 19.1. The second kappa shape index (κ2) is 4.95. The Bertz CT molecular complexity index is 486. The molecule has 1 heterocycles. The van der Waals surface area contributed by atoms with E-state index in [4.69, 9.17) is 0 Å². The third-order valence-corrected chi connectivity index (χ3v) is 2.67. The van der Waals surface area contributed by atoms with Gasteiger partial charge in [-0.15, -0.1) is 0 Å². The van der Waals surface area contributed by atoms with E-state index in [1.165, 1.54) is 0 Å². The zero-order chi connectivity index (χ0) is 12.3. The molecule has 0 unspecified atom stereocenters. The molecule has 0 saturated heterocycles. The van der Waals surface area contributed by atoms with Gasteiger partial charge in [0.25, 0.3) is 0 Å². The molecule has 0 aliphatic rings. The summed E-state index contributed by atoms with van der Waals surface area (Å²) in [5.74, 6) is -0.113. The molecule has 88 valence electrons. The molecule has 0 fully saturated rings. The molecule has 0 aliphatic heterocycles. The summed E-state index contributed by atoms with van der Waals surface area (Å²) in [6.07, 6.45) is 3.48. The smallest absolute Gasteiger partial charge is 0.129 e. The lowest BCUT2D eigenvalue weighted by Gasteiger charge is -2.09. The van der Waals surface area contributed by atoms with Crippen LogP contribution in [0.25, 0.3) is 0 Å². The number of anilines is 1. The monoisotopic (exact) mass is 230 g/mol. The molecular formula is C14H15FN2. The first-order valence-corrected chi connectivity index (χ1v) is 5.56. The highest BCUT2D eigenvalue weighted by Crippen LogP contribution is 2.16. The van der Waals surface area contributed by atoms with Gasteiger partial charge >= 0.3 is 0 Å². The molecule has 2 rings (SSSR count). The van der Waals surface area contributed by atoms with Crippen molar-refractivity contribution in [3.8, 4) is 0 Å². The summed E-state index contributed by atoms with van der Waals surface area (Å²) in [4.78, 5) is 3.95. The van der Waals surface area contributed by atoms with Gasteiger partial charge in [0.05, 0.1) is 0 Å². The quantitative estimate of drug-likeness (QED) is 0.873. The summed E-state index contributed by atoms with van der Waals surface area (Å²) >= 11 is 0. The Morgan fingerprint density at radius 1 is 1.12 bits per heavy atom. The van der Waals surface area contributed by atoms with Crippen LogP contribution in [0.1, 0.15) is 16.7 Å². The first-order chi connectivity index (χ1) is 8.16. The predicted molar refractivity (Wildman–Crippen MR) is 67.4 cm³/mol. The average Bonchev–Trinajstić information content (AvgIpc) is 2.34. The van der Waals surface area contributed by atoms with Crippen LogP contribution in [-0.4, -0.2) is 4.98 Å². The van der Waals surface area contributed by atoms with E-state index in [0.29, 0.717) is 17.7 Å². The van der Waals surface area contributed by atoms with E-state index in [0.717, 1.165) is 11.3 Å². The van der Waals surface area contributed by atoms with Gasteiger partial charge in [-0.05, 0) is 42.7 Å². The van der Waals surface area contributed by atoms with E-state index in [1.807, 2.05) is 24.3 Å². The molecule has 0 bridgehead atoms. The minimum atomic E-state index is -0.113. The highest BCUT2D eigenvalue weighted by molar-refractivity contribution is 5.42. The molecule has 2 nitrogen and oxygen atoms in total. The van der Waals surface area contributed by atoms with Crippen molar-refractivity contribution in [1.82, 2.24) is 4.98 Å². The molecule has 0 atom stereocenters. The van der Waals surface area contributed by atoms with Crippen LogP contribution < -0.4 is 5.32 Å². The van der Waals surface area contributed by atoms with E-state index in [-0.39, 0.29) is 5.82 Å². The van der Waals surface area contributed by atoms with Gasteiger partial charge < -0.3 is 5.32 Å². The van der Waals surface area contributed by atoms with Gasteiger partial charge in [-0.2, -0.15) is 0 Å². The summed E-state index contributed by atoms with van der Waals surface area (Å²) in [6.45, 7) is 4.27. The predicted octanol–water partition coefficient (Wildman–Crippen LogP) is 3.45. The van der Waals surface area contributed by atoms with Crippen LogP contribution in [0.4, 0.5) is 10.1 Å². The molecule has 1 N–H and O–H groups in total. The van der Waals surface area contributed by atoms with Crippen LogP contribution >= 0.6 is 0 Å². The molecule has 0 aliphatic carbocycles. The Morgan fingerprint density at radius 3 is 2.29 bits per heavy atom. The maximum absolute atomic E-state index is 13.4. The largest absolute Gasteiger partial charge is 0.381 e. The van der Waals surface area contributed by atoms with E-state index in [9.17, 15) is 4.39 Å². The van der Waals surface area contributed by atoms with Crippen LogP contribution in [0.5, 0.6) is 0 Å². The van der Waals surface area contributed by atoms with Crippen LogP contribution in [0.15, 0.2) is 36.7 Å². The third kappa shape index (κ3) is 2.81. The van der Waals surface area contributed by atoms with Crippen molar-refractivity contribution < 1.29 is 4.39 Å². The highest BCUT2D eigenvalue weighted by Gasteiger charge is 2.03. The van der Waals surface area contributed by atoms with Crippen molar-refractivity contribution in [2.45, 2.75) is 20.4 Å². The first-order valence-electron chi connectivity index (χ1n) is 5.56. The van der Waals surface area contributed by atoms with Crippen molar-refractivity contribution in [1.29, 1.82) is 0 Å². The van der Waals surface area contributed by atoms with E-state index >= 15 is 0 Å². The zero-order valence-electron chi connectivity index (χ0n) is 10.00. The Balaban J connectivity index is 2.10. The van der Waals surface area contributed by atoms with Crippen molar-refractivity contribution in [2.24, 2.45) is 0 Å². The number of benzene rings is 1. The fourth-order valence-electron chi connectivity index (χ4n) is 1.81. The molecule has 0 amide bonds. The standard InChI is InChI=1S/C14H15FN2/c1-10-7-12(8-11(2)14(10)15)9-17-13-3-5-16-6-4-13/h3-8H,9H2,1-2H3,(H,16,17). The van der Waals surface area contributed by atoms with Crippen LogP contribution in [0.2, 0.25) is 0 Å². The topological polar surface area (TPSA) is 24.9 Å². The lowest BCUT2D eigenvalue weighted by molar-refractivity contribution is 0.608. The van der Waals surface area contributed by atoms with E-state index in [1.54, 1.807) is 26.2 Å². The third-order valence-electron chi connectivity index (χ3n) is 2.67.